The summed E-state index contributed by atoms with van der Waals surface area (Å²) in [4.78, 5) is 11.5. The van der Waals surface area contributed by atoms with E-state index in [0.717, 1.165) is 44.0 Å². The summed E-state index contributed by atoms with van der Waals surface area (Å²) in [7, 11) is 0. The van der Waals surface area contributed by atoms with Crippen LogP contribution in [0.15, 0.2) is 206 Å². The third kappa shape index (κ3) is 6.41. The van der Waals surface area contributed by atoms with Gasteiger partial charge in [-0.15, -0.1) is 11.3 Å². The number of aromatic nitrogens is 2. The van der Waals surface area contributed by atoms with Gasteiger partial charge in [0.15, 0.2) is 5.82 Å². The van der Waals surface area contributed by atoms with Crippen molar-refractivity contribution in [3.8, 4) is 78.3 Å². The zero-order valence-corrected chi connectivity index (χ0v) is 30.7. The van der Waals surface area contributed by atoms with Crippen LogP contribution in [0.1, 0.15) is 0 Å². The topological polar surface area (TPSA) is 25.8 Å². The quantitative estimate of drug-likeness (QED) is 0.164. The van der Waals surface area contributed by atoms with Crippen LogP contribution in [-0.2, 0) is 0 Å². The van der Waals surface area contributed by atoms with Crippen molar-refractivity contribution in [3.05, 3.63) is 206 Å². The first-order valence-electron chi connectivity index (χ1n) is 18.6. The van der Waals surface area contributed by atoms with Crippen LogP contribution in [0, 0.1) is 0 Å². The van der Waals surface area contributed by atoms with Crippen LogP contribution in [0.5, 0.6) is 0 Å². The Morgan fingerprint density at radius 1 is 0.291 bits per heavy atom. The van der Waals surface area contributed by atoms with Gasteiger partial charge in [-0.1, -0.05) is 176 Å². The Hall–Kier alpha value is -6.94. The van der Waals surface area contributed by atoms with Gasteiger partial charge in [0.2, 0.25) is 0 Å². The number of rotatable bonds is 7. The van der Waals surface area contributed by atoms with E-state index in [2.05, 4.69) is 206 Å². The second-order valence-corrected chi connectivity index (χ2v) is 14.8. The minimum Gasteiger partial charge on any atom is -0.227 e. The second-order valence-electron chi connectivity index (χ2n) is 13.8. The standard InChI is InChI=1S/C52H34N2S/c1-4-13-35(14-5-1)37-23-27-39(28-24-37)44-32-45(40-29-25-38(26-30-40)36-15-6-2-7-16-36)34-46(33-44)42-19-12-20-43(31-42)51-53-50(41-17-8-3-9-18-41)49-47-21-10-11-22-48(47)55-52(49)54-51/h1-34H. The first-order chi connectivity index (χ1) is 27.2. The van der Waals surface area contributed by atoms with E-state index in [0.29, 0.717) is 0 Å². The van der Waals surface area contributed by atoms with Crippen molar-refractivity contribution in [3.63, 3.8) is 0 Å². The average Bonchev–Trinajstić information content (AvgIpc) is 3.66. The van der Waals surface area contributed by atoms with Crippen molar-refractivity contribution in [2.24, 2.45) is 0 Å². The van der Waals surface area contributed by atoms with Crippen molar-refractivity contribution in [1.29, 1.82) is 0 Å². The molecular formula is C52H34N2S. The minimum atomic E-state index is 0.726. The third-order valence-electron chi connectivity index (χ3n) is 10.3. The van der Waals surface area contributed by atoms with Gasteiger partial charge in [-0.25, -0.2) is 9.97 Å². The lowest BCUT2D eigenvalue weighted by molar-refractivity contribution is 1.24. The molecular weight excluding hydrogens is 685 g/mol. The van der Waals surface area contributed by atoms with Crippen molar-refractivity contribution in [1.82, 2.24) is 9.97 Å². The molecule has 8 aromatic carbocycles. The van der Waals surface area contributed by atoms with Crippen LogP contribution >= 0.6 is 11.3 Å². The molecule has 10 aromatic rings. The largest absolute Gasteiger partial charge is 0.227 e. The van der Waals surface area contributed by atoms with Crippen molar-refractivity contribution in [2.45, 2.75) is 0 Å². The van der Waals surface area contributed by atoms with E-state index in [1.54, 1.807) is 11.3 Å². The molecule has 0 radical (unpaired) electrons. The van der Waals surface area contributed by atoms with E-state index in [-0.39, 0.29) is 0 Å². The molecule has 0 saturated carbocycles. The maximum Gasteiger partial charge on any atom is 0.161 e. The SMILES string of the molecule is c1ccc(-c2ccc(-c3cc(-c4ccc(-c5ccccc5)cc4)cc(-c4cccc(-c5nc(-c6ccccc6)c6c(n5)sc5ccccc56)c4)c3)cc2)cc1. The first-order valence-corrected chi connectivity index (χ1v) is 19.4. The van der Waals surface area contributed by atoms with Gasteiger partial charge in [-0.2, -0.15) is 0 Å². The van der Waals surface area contributed by atoms with Crippen molar-refractivity contribution >= 4 is 31.6 Å². The maximum absolute atomic E-state index is 5.29. The van der Waals surface area contributed by atoms with E-state index in [1.807, 2.05) is 0 Å². The van der Waals surface area contributed by atoms with Gasteiger partial charge < -0.3 is 0 Å². The van der Waals surface area contributed by atoms with Crippen LogP contribution in [0.3, 0.4) is 0 Å². The summed E-state index contributed by atoms with van der Waals surface area (Å²) in [6, 6.07) is 73.6. The summed E-state index contributed by atoms with van der Waals surface area (Å²) < 4.78 is 1.22. The molecule has 2 aromatic heterocycles. The van der Waals surface area contributed by atoms with Crippen molar-refractivity contribution < 1.29 is 0 Å². The molecule has 0 amide bonds. The Kier molecular flexibility index (Phi) is 8.40. The summed E-state index contributed by atoms with van der Waals surface area (Å²) in [6.07, 6.45) is 0. The first kappa shape index (κ1) is 32.7. The number of nitrogens with zero attached hydrogens (tertiary/aromatic N) is 2. The van der Waals surface area contributed by atoms with Crippen LogP contribution in [0.4, 0.5) is 0 Å². The second kappa shape index (κ2) is 14.1. The molecule has 258 valence electrons. The van der Waals surface area contributed by atoms with E-state index in [9.17, 15) is 0 Å². The lowest BCUT2D eigenvalue weighted by Crippen LogP contribution is -1.94. The molecule has 0 unspecified atom stereocenters. The lowest BCUT2D eigenvalue weighted by atomic mass is 9.91. The van der Waals surface area contributed by atoms with E-state index in [1.165, 1.54) is 54.6 Å². The highest BCUT2D eigenvalue weighted by Crippen LogP contribution is 2.40. The Bertz CT molecular complexity index is 2830. The molecule has 10 rings (SSSR count). The molecule has 55 heavy (non-hydrogen) atoms. The zero-order chi connectivity index (χ0) is 36.6. The van der Waals surface area contributed by atoms with Gasteiger partial charge >= 0.3 is 0 Å². The Balaban J connectivity index is 1.10. The van der Waals surface area contributed by atoms with Gasteiger partial charge in [0.25, 0.3) is 0 Å². The smallest absolute Gasteiger partial charge is 0.161 e. The highest BCUT2D eigenvalue weighted by atomic mass is 32.1. The van der Waals surface area contributed by atoms with E-state index >= 15 is 0 Å². The fourth-order valence-electron chi connectivity index (χ4n) is 7.49. The van der Waals surface area contributed by atoms with Gasteiger partial charge in [0.1, 0.15) is 4.83 Å². The predicted molar refractivity (Wildman–Crippen MR) is 233 cm³/mol. The fourth-order valence-corrected chi connectivity index (χ4v) is 8.57. The summed E-state index contributed by atoms with van der Waals surface area (Å²) >= 11 is 1.73. The van der Waals surface area contributed by atoms with Crippen LogP contribution in [0.25, 0.3) is 98.6 Å². The van der Waals surface area contributed by atoms with Gasteiger partial charge in [0, 0.05) is 26.6 Å². The van der Waals surface area contributed by atoms with E-state index in [4.69, 9.17) is 9.97 Å². The number of thiophene rings is 1. The van der Waals surface area contributed by atoms with Crippen LogP contribution in [0.2, 0.25) is 0 Å². The van der Waals surface area contributed by atoms with Gasteiger partial charge in [-0.05, 0) is 86.0 Å². The molecule has 0 atom stereocenters. The maximum atomic E-state index is 5.29. The summed E-state index contributed by atoms with van der Waals surface area (Å²) in [6.45, 7) is 0. The fraction of sp³-hybridized carbons (Fsp3) is 0. The van der Waals surface area contributed by atoms with Gasteiger partial charge in [-0.3, -0.25) is 0 Å². The molecule has 0 fully saturated rings. The van der Waals surface area contributed by atoms with E-state index < -0.39 is 0 Å². The zero-order valence-electron chi connectivity index (χ0n) is 29.9. The number of hydrogen-bond acceptors (Lipinski definition) is 3. The lowest BCUT2D eigenvalue weighted by Gasteiger charge is -2.13. The molecule has 0 bridgehead atoms. The molecule has 0 N–H and O–H groups in total. The van der Waals surface area contributed by atoms with Crippen molar-refractivity contribution in [2.75, 3.05) is 0 Å². The van der Waals surface area contributed by atoms with Gasteiger partial charge in [0.05, 0.1) is 5.69 Å². The average molecular weight is 719 g/mol. The molecule has 2 nitrogen and oxygen atoms in total. The monoisotopic (exact) mass is 718 g/mol. The molecule has 0 spiro atoms. The molecule has 2 heterocycles. The van der Waals surface area contributed by atoms with Crippen LogP contribution in [-0.4, -0.2) is 9.97 Å². The summed E-state index contributed by atoms with van der Waals surface area (Å²) in [5, 5.41) is 2.31. The summed E-state index contributed by atoms with van der Waals surface area (Å²) in [5.74, 6) is 0.726. The molecule has 0 aliphatic heterocycles. The number of fused-ring (bicyclic) bond motifs is 3. The summed E-state index contributed by atoms with van der Waals surface area (Å²) in [5.41, 5.74) is 14.8. The number of benzene rings is 8. The Morgan fingerprint density at radius 3 is 1.25 bits per heavy atom. The molecule has 0 aliphatic carbocycles. The predicted octanol–water partition coefficient (Wildman–Crippen LogP) is 14.5. The highest BCUT2D eigenvalue weighted by Gasteiger charge is 2.17. The highest BCUT2D eigenvalue weighted by molar-refractivity contribution is 7.25. The molecule has 0 saturated heterocycles. The number of hydrogen-bond donors (Lipinski definition) is 0. The molecule has 3 heteroatoms. The minimum absolute atomic E-state index is 0.726. The normalized spacial score (nSPS) is 11.3. The Morgan fingerprint density at radius 2 is 0.691 bits per heavy atom. The molecule has 0 aliphatic rings. The third-order valence-corrected chi connectivity index (χ3v) is 11.4. The van der Waals surface area contributed by atoms with Crippen LogP contribution < -0.4 is 0 Å². The Labute approximate surface area is 324 Å².